The highest BCUT2D eigenvalue weighted by Gasteiger charge is 2.11. The fraction of sp³-hybridized carbons (Fsp3) is 0.333. The van der Waals surface area contributed by atoms with Gasteiger partial charge in [0.15, 0.2) is 0 Å². The first-order valence-corrected chi connectivity index (χ1v) is 3.99. The molecule has 1 atom stereocenters. The lowest BCUT2D eigenvalue weighted by Crippen LogP contribution is -2.16. The minimum Gasteiger partial charge on any atom is -0.481 e. The second-order valence-corrected chi connectivity index (χ2v) is 2.96. The maximum atomic E-state index is 10.4. The zero-order valence-electron chi connectivity index (χ0n) is 7.40. The van der Waals surface area contributed by atoms with Gasteiger partial charge in [0.25, 0.3) is 0 Å². The fourth-order valence-corrected chi connectivity index (χ4v) is 1.06. The largest absolute Gasteiger partial charge is 0.481 e. The van der Waals surface area contributed by atoms with Crippen LogP contribution in [-0.4, -0.2) is 16.1 Å². The van der Waals surface area contributed by atoms with Crippen LogP contribution in [0.2, 0.25) is 0 Å². The van der Waals surface area contributed by atoms with Crippen LogP contribution in [0.5, 0.6) is 0 Å². The summed E-state index contributed by atoms with van der Waals surface area (Å²) in [6, 6.07) is 3.13. The highest BCUT2D eigenvalue weighted by Crippen LogP contribution is 2.11. The van der Waals surface area contributed by atoms with E-state index in [-0.39, 0.29) is 6.42 Å². The van der Waals surface area contributed by atoms with Crippen molar-refractivity contribution in [3.63, 3.8) is 0 Å². The molecular formula is C9H12N2O2. The van der Waals surface area contributed by atoms with Crippen molar-refractivity contribution in [3.8, 4) is 0 Å². The number of carboxylic acid groups (broad SMARTS) is 1. The van der Waals surface area contributed by atoms with Crippen LogP contribution in [0.1, 0.15) is 23.7 Å². The Balaban J connectivity index is 2.76. The molecule has 0 bridgehead atoms. The molecule has 3 N–H and O–H groups in total. The van der Waals surface area contributed by atoms with E-state index in [1.54, 1.807) is 12.3 Å². The third-order valence-corrected chi connectivity index (χ3v) is 1.71. The van der Waals surface area contributed by atoms with Crippen molar-refractivity contribution < 1.29 is 9.90 Å². The van der Waals surface area contributed by atoms with Crippen LogP contribution in [0, 0.1) is 6.92 Å². The van der Waals surface area contributed by atoms with E-state index in [1.165, 1.54) is 0 Å². The zero-order chi connectivity index (χ0) is 9.84. The van der Waals surface area contributed by atoms with Crippen LogP contribution < -0.4 is 5.73 Å². The lowest BCUT2D eigenvalue weighted by Gasteiger charge is -2.07. The lowest BCUT2D eigenvalue weighted by molar-refractivity contribution is -0.137. The summed E-state index contributed by atoms with van der Waals surface area (Å²) in [4.78, 5) is 14.4. The first-order chi connectivity index (χ1) is 6.09. The number of nitrogens with zero attached hydrogens (tertiary/aromatic N) is 1. The molecule has 0 unspecified atom stereocenters. The molecule has 0 saturated heterocycles. The second kappa shape index (κ2) is 4.00. The number of nitrogens with two attached hydrogens (primary N) is 1. The maximum Gasteiger partial charge on any atom is 0.305 e. The Kier molecular flexibility index (Phi) is 2.97. The van der Waals surface area contributed by atoms with Crippen molar-refractivity contribution in [2.75, 3.05) is 0 Å². The van der Waals surface area contributed by atoms with Crippen molar-refractivity contribution in [1.82, 2.24) is 4.98 Å². The predicted octanol–water partition coefficient (Wildman–Crippen LogP) is 0.865. The molecule has 0 aliphatic rings. The summed E-state index contributed by atoms with van der Waals surface area (Å²) in [7, 11) is 0. The summed E-state index contributed by atoms with van der Waals surface area (Å²) in [6.07, 6.45) is 1.54. The van der Waals surface area contributed by atoms with Crippen LogP contribution in [0.25, 0.3) is 0 Å². The molecule has 0 saturated carbocycles. The summed E-state index contributed by atoms with van der Waals surface area (Å²) in [5.74, 6) is -0.907. The lowest BCUT2D eigenvalue weighted by atomic mass is 10.1. The van der Waals surface area contributed by atoms with E-state index in [9.17, 15) is 4.79 Å². The van der Waals surface area contributed by atoms with Crippen LogP contribution in [-0.2, 0) is 4.79 Å². The minimum absolute atomic E-state index is 0.0869. The molecule has 4 heteroatoms. The second-order valence-electron chi connectivity index (χ2n) is 2.96. The first-order valence-electron chi connectivity index (χ1n) is 3.99. The SMILES string of the molecule is Cc1ccnc([C@H](N)CC(=O)O)c1. The minimum atomic E-state index is -0.907. The molecule has 1 aromatic heterocycles. The summed E-state index contributed by atoms with van der Waals surface area (Å²) in [5, 5.41) is 8.51. The van der Waals surface area contributed by atoms with Gasteiger partial charge in [0.1, 0.15) is 0 Å². The van der Waals surface area contributed by atoms with Gasteiger partial charge < -0.3 is 10.8 Å². The zero-order valence-corrected chi connectivity index (χ0v) is 7.40. The van der Waals surface area contributed by atoms with Gasteiger partial charge in [0, 0.05) is 6.20 Å². The van der Waals surface area contributed by atoms with Gasteiger partial charge in [-0.25, -0.2) is 0 Å². The van der Waals surface area contributed by atoms with Crippen LogP contribution in [0.3, 0.4) is 0 Å². The Hall–Kier alpha value is -1.42. The summed E-state index contributed by atoms with van der Waals surface area (Å²) < 4.78 is 0. The Labute approximate surface area is 76.4 Å². The van der Waals surface area contributed by atoms with E-state index in [0.29, 0.717) is 5.69 Å². The van der Waals surface area contributed by atoms with Crippen LogP contribution in [0.4, 0.5) is 0 Å². The fourth-order valence-electron chi connectivity index (χ4n) is 1.06. The number of aromatic nitrogens is 1. The molecule has 70 valence electrons. The number of aliphatic carboxylic acids is 1. The van der Waals surface area contributed by atoms with E-state index >= 15 is 0 Å². The molecule has 0 spiro atoms. The van der Waals surface area contributed by atoms with E-state index in [0.717, 1.165) is 5.56 Å². The number of hydrogen-bond donors (Lipinski definition) is 2. The molecule has 0 radical (unpaired) electrons. The van der Waals surface area contributed by atoms with Gasteiger partial charge in [-0.05, 0) is 24.6 Å². The molecule has 1 heterocycles. The van der Waals surface area contributed by atoms with Crippen LogP contribution >= 0.6 is 0 Å². The van der Waals surface area contributed by atoms with Crippen molar-refractivity contribution in [3.05, 3.63) is 29.6 Å². The molecule has 0 aliphatic heterocycles. The van der Waals surface area contributed by atoms with Crippen molar-refractivity contribution >= 4 is 5.97 Å². The topological polar surface area (TPSA) is 76.2 Å². The molecule has 0 amide bonds. The molecule has 1 aromatic rings. The van der Waals surface area contributed by atoms with E-state index in [1.807, 2.05) is 13.0 Å². The number of carboxylic acids is 1. The summed E-state index contributed by atoms with van der Waals surface area (Å²) >= 11 is 0. The van der Waals surface area contributed by atoms with Gasteiger partial charge in [-0.2, -0.15) is 0 Å². The normalized spacial score (nSPS) is 12.5. The van der Waals surface area contributed by atoms with E-state index in [2.05, 4.69) is 4.98 Å². The first kappa shape index (κ1) is 9.67. The van der Waals surface area contributed by atoms with E-state index < -0.39 is 12.0 Å². The standard InChI is InChI=1S/C9H12N2O2/c1-6-2-3-11-8(4-6)7(10)5-9(12)13/h2-4,7H,5,10H2,1H3,(H,12,13)/t7-/m1/s1. The molecule has 0 aliphatic carbocycles. The van der Waals surface area contributed by atoms with Crippen molar-refractivity contribution in [2.24, 2.45) is 5.73 Å². The smallest absolute Gasteiger partial charge is 0.305 e. The average Bonchev–Trinajstić information content (AvgIpc) is 2.03. The highest BCUT2D eigenvalue weighted by atomic mass is 16.4. The highest BCUT2D eigenvalue weighted by molar-refractivity contribution is 5.67. The van der Waals surface area contributed by atoms with E-state index in [4.69, 9.17) is 10.8 Å². The predicted molar refractivity (Wildman–Crippen MR) is 48.2 cm³/mol. The van der Waals surface area contributed by atoms with Gasteiger partial charge in [0.05, 0.1) is 18.2 Å². The van der Waals surface area contributed by atoms with Gasteiger partial charge in [-0.3, -0.25) is 9.78 Å². The molecule has 0 aromatic carbocycles. The van der Waals surface area contributed by atoms with Crippen LogP contribution in [0.15, 0.2) is 18.3 Å². The van der Waals surface area contributed by atoms with Crippen molar-refractivity contribution in [1.29, 1.82) is 0 Å². The molecule has 13 heavy (non-hydrogen) atoms. The Morgan fingerprint density at radius 1 is 1.77 bits per heavy atom. The Bertz CT molecular complexity index is 312. The molecule has 1 rings (SSSR count). The number of rotatable bonds is 3. The third kappa shape index (κ3) is 2.83. The quantitative estimate of drug-likeness (QED) is 0.723. The maximum absolute atomic E-state index is 10.4. The number of pyridine rings is 1. The third-order valence-electron chi connectivity index (χ3n) is 1.71. The Morgan fingerprint density at radius 3 is 3.00 bits per heavy atom. The van der Waals surface area contributed by atoms with Gasteiger partial charge in [-0.15, -0.1) is 0 Å². The number of aryl methyl sites for hydroxylation is 1. The average molecular weight is 180 g/mol. The van der Waals surface area contributed by atoms with Gasteiger partial charge in [0.2, 0.25) is 0 Å². The molecule has 0 fully saturated rings. The number of carbonyl (C=O) groups is 1. The molecule has 4 nitrogen and oxygen atoms in total. The monoisotopic (exact) mass is 180 g/mol. The van der Waals surface area contributed by atoms with Crippen molar-refractivity contribution in [2.45, 2.75) is 19.4 Å². The van der Waals surface area contributed by atoms with Gasteiger partial charge in [-0.1, -0.05) is 0 Å². The van der Waals surface area contributed by atoms with Gasteiger partial charge >= 0.3 is 5.97 Å². The number of hydrogen-bond acceptors (Lipinski definition) is 3. The summed E-state index contributed by atoms with van der Waals surface area (Å²) in [6.45, 7) is 1.92. The molecular weight excluding hydrogens is 168 g/mol. The summed E-state index contributed by atoms with van der Waals surface area (Å²) in [5.41, 5.74) is 7.28. The Morgan fingerprint density at radius 2 is 2.46 bits per heavy atom.